The lowest BCUT2D eigenvalue weighted by molar-refractivity contribution is -0.302. The Hall–Kier alpha value is -1.59. The van der Waals surface area contributed by atoms with E-state index in [4.69, 9.17) is 9.47 Å². The molecule has 0 radical (unpaired) electrons. The van der Waals surface area contributed by atoms with Gasteiger partial charge < -0.3 is 40.3 Å². The number of allylic oxidation sites excluding steroid dienone is 5. The lowest BCUT2D eigenvalue weighted by Crippen LogP contribution is -2.60. The van der Waals surface area contributed by atoms with Gasteiger partial charge in [-0.25, -0.2) is 0 Å². The van der Waals surface area contributed by atoms with E-state index < -0.39 is 49.5 Å². The van der Waals surface area contributed by atoms with Crippen molar-refractivity contribution in [1.82, 2.24) is 5.32 Å². The van der Waals surface area contributed by atoms with Gasteiger partial charge in [-0.2, -0.15) is 0 Å². The van der Waals surface area contributed by atoms with Crippen molar-refractivity contribution in [2.45, 2.75) is 371 Å². The summed E-state index contributed by atoms with van der Waals surface area (Å²) >= 11 is 0. The quantitative estimate of drug-likeness (QED) is 0.0261. The number of amides is 1. The molecule has 1 rings (SSSR count). The fraction of sp³-hybridized carbons (Fsp3) is 0.896. The number of carbonyl (C=O) groups is 1. The van der Waals surface area contributed by atoms with Crippen LogP contribution in [-0.2, 0) is 14.3 Å². The van der Waals surface area contributed by atoms with Crippen LogP contribution in [0.2, 0.25) is 0 Å². The first-order chi connectivity index (χ1) is 37.3. The maximum Gasteiger partial charge on any atom is 0.220 e. The molecular weight excluding hydrogens is 947 g/mol. The minimum absolute atomic E-state index is 0.185. The minimum Gasteiger partial charge on any atom is -0.394 e. The zero-order valence-electron chi connectivity index (χ0n) is 50.0. The third-order valence-electron chi connectivity index (χ3n) is 15.9. The van der Waals surface area contributed by atoms with Gasteiger partial charge >= 0.3 is 0 Å². The highest BCUT2D eigenvalue weighted by Crippen LogP contribution is 2.23. The molecule has 0 spiro atoms. The molecule has 7 unspecified atom stereocenters. The van der Waals surface area contributed by atoms with Crippen LogP contribution in [0.15, 0.2) is 36.5 Å². The topological polar surface area (TPSA) is 149 Å². The molecule has 0 saturated carbocycles. The van der Waals surface area contributed by atoms with Crippen LogP contribution in [0.5, 0.6) is 0 Å². The van der Waals surface area contributed by atoms with E-state index in [0.29, 0.717) is 6.42 Å². The predicted octanol–water partition coefficient (Wildman–Crippen LogP) is 17.5. The molecule has 9 nitrogen and oxygen atoms in total. The summed E-state index contributed by atoms with van der Waals surface area (Å²) in [5.74, 6) is -0.185. The van der Waals surface area contributed by atoms with Gasteiger partial charge in [-0.15, -0.1) is 0 Å². The smallest absolute Gasteiger partial charge is 0.220 e. The van der Waals surface area contributed by atoms with Crippen molar-refractivity contribution in [2.24, 2.45) is 0 Å². The highest BCUT2D eigenvalue weighted by atomic mass is 16.7. The number of aliphatic hydroxyl groups excluding tert-OH is 5. The van der Waals surface area contributed by atoms with Crippen LogP contribution >= 0.6 is 0 Å². The fourth-order valence-corrected chi connectivity index (χ4v) is 10.7. The second-order valence-electron chi connectivity index (χ2n) is 23.3. The van der Waals surface area contributed by atoms with Gasteiger partial charge in [-0.3, -0.25) is 4.79 Å². The molecular formula is C67H127NO8. The van der Waals surface area contributed by atoms with E-state index in [0.717, 1.165) is 51.4 Å². The molecule has 0 bridgehead atoms. The zero-order chi connectivity index (χ0) is 55.0. The van der Waals surface area contributed by atoms with Gasteiger partial charge in [0, 0.05) is 6.42 Å². The summed E-state index contributed by atoms with van der Waals surface area (Å²) in [6, 6.07) is -0.826. The first-order valence-electron chi connectivity index (χ1n) is 33.2. The molecule has 76 heavy (non-hydrogen) atoms. The summed E-state index contributed by atoms with van der Waals surface area (Å²) in [5.41, 5.74) is 0. The monoisotopic (exact) mass is 1070 g/mol. The SMILES string of the molecule is CCCCCCCC/C=C/CC/C=C/CC/C=C/C(O)C(COC1OC(CO)C(O)C(O)C1O)NC(=O)CCCCCCCCCCCCCCCCCCCCCCCCCCCCCCCCCCCCCCC. The number of aliphatic hydroxyl groups is 5. The van der Waals surface area contributed by atoms with Gasteiger partial charge in [-0.05, 0) is 44.9 Å². The van der Waals surface area contributed by atoms with Gasteiger partial charge in [0.1, 0.15) is 24.4 Å². The fourth-order valence-electron chi connectivity index (χ4n) is 10.7. The summed E-state index contributed by atoms with van der Waals surface area (Å²) in [6.07, 6.45) is 68.4. The van der Waals surface area contributed by atoms with E-state index >= 15 is 0 Å². The molecule has 9 heteroatoms. The molecule has 0 aromatic heterocycles. The van der Waals surface area contributed by atoms with Crippen LogP contribution < -0.4 is 5.32 Å². The third kappa shape index (κ3) is 45.2. The Morgan fingerprint density at radius 2 is 0.750 bits per heavy atom. The Labute approximate surface area is 470 Å². The van der Waals surface area contributed by atoms with Crippen molar-refractivity contribution in [3.63, 3.8) is 0 Å². The molecule has 0 aromatic rings. The van der Waals surface area contributed by atoms with E-state index in [1.807, 2.05) is 6.08 Å². The standard InChI is InChI=1S/C67H127NO8/c1-3-5-7-9-11-13-15-17-19-21-22-23-24-25-26-27-28-29-30-31-32-33-34-35-36-37-38-39-40-41-43-45-47-49-51-53-55-57-63(71)68-60(59-75-67-66(74)65(73)64(72)62(58-69)76-67)61(70)56-54-52-50-48-46-44-42-20-18-16-14-12-10-8-6-4-2/h18,20,46,48,54,56,60-62,64-67,69-70,72-74H,3-17,19,21-45,47,49-53,55,57-59H2,1-2H3,(H,68,71)/b20-18+,48-46+,56-54+. The molecule has 1 saturated heterocycles. The number of hydrogen-bond acceptors (Lipinski definition) is 8. The minimum atomic E-state index is -1.57. The Balaban J connectivity index is 2.06. The number of ether oxygens (including phenoxy) is 2. The largest absolute Gasteiger partial charge is 0.394 e. The van der Waals surface area contributed by atoms with Crippen molar-refractivity contribution in [2.75, 3.05) is 13.2 Å². The summed E-state index contributed by atoms with van der Waals surface area (Å²) in [7, 11) is 0. The molecule has 1 fully saturated rings. The predicted molar refractivity (Wildman–Crippen MR) is 323 cm³/mol. The summed E-state index contributed by atoms with van der Waals surface area (Å²) in [6.45, 7) is 3.78. The van der Waals surface area contributed by atoms with Crippen LogP contribution in [0.25, 0.3) is 0 Å². The normalized spacial score (nSPS) is 19.0. The Bertz CT molecular complexity index is 1290. The Morgan fingerprint density at radius 3 is 1.11 bits per heavy atom. The van der Waals surface area contributed by atoms with Gasteiger partial charge in [-0.1, -0.05) is 314 Å². The molecule has 7 atom stereocenters. The molecule has 448 valence electrons. The lowest BCUT2D eigenvalue weighted by atomic mass is 9.99. The Kier molecular flexibility index (Phi) is 54.0. The average Bonchev–Trinajstić information content (AvgIpc) is 3.42. The number of rotatable bonds is 58. The first kappa shape index (κ1) is 72.4. The lowest BCUT2D eigenvalue weighted by Gasteiger charge is -2.40. The average molecular weight is 1070 g/mol. The number of carbonyl (C=O) groups excluding carboxylic acids is 1. The van der Waals surface area contributed by atoms with Gasteiger partial charge in [0.25, 0.3) is 0 Å². The molecule has 1 amide bonds. The van der Waals surface area contributed by atoms with Crippen molar-refractivity contribution in [1.29, 1.82) is 0 Å². The van der Waals surface area contributed by atoms with Gasteiger partial charge in [0.15, 0.2) is 6.29 Å². The van der Waals surface area contributed by atoms with Crippen LogP contribution in [-0.4, -0.2) is 87.5 Å². The molecule has 6 N–H and O–H groups in total. The van der Waals surface area contributed by atoms with Crippen LogP contribution in [0, 0.1) is 0 Å². The van der Waals surface area contributed by atoms with Crippen molar-refractivity contribution < 1.29 is 39.8 Å². The maximum absolute atomic E-state index is 13.1. The first-order valence-corrected chi connectivity index (χ1v) is 33.2. The molecule has 0 aromatic carbocycles. The van der Waals surface area contributed by atoms with E-state index in [-0.39, 0.29) is 12.5 Å². The van der Waals surface area contributed by atoms with E-state index in [2.05, 4.69) is 43.5 Å². The molecule has 1 aliphatic rings. The third-order valence-corrected chi connectivity index (χ3v) is 15.9. The summed E-state index contributed by atoms with van der Waals surface area (Å²) in [5, 5.41) is 54.5. The molecule has 0 aliphatic carbocycles. The van der Waals surface area contributed by atoms with E-state index in [9.17, 15) is 30.3 Å². The highest BCUT2D eigenvalue weighted by Gasteiger charge is 2.44. The van der Waals surface area contributed by atoms with Crippen LogP contribution in [0.3, 0.4) is 0 Å². The highest BCUT2D eigenvalue weighted by molar-refractivity contribution is 5.76. The number of unbranched alkanes of at least 4 members (excludes halogenated alkanes) is 44. The van der Waals surface area contributed by atoms with Gasteiger partial charge in [0.2, 0.25) is 5.91 Å². The zero-order valence-corrected chi connectivity index (χ0v) is 50.0. The van der Waals surface area contributed by atoms with Gasteiger partial charge in [0.05, 0.1) is 25.4 Å². The molecule has 1 aliphatic heterocycles. The van der Waals surface area contributed by atoms with Crippen LogP contribution in [0.1, 0.15) is 328 Å². The number of hydrogen-bond donors (Lipinski definition) is 6. The maximum atomic E-state index is 13.1. The second-order valence-corrected chi connectivity index (χ2v) is 23.3. The number of nitrogens with one attached hydrogen (secondary N) is 1. The summed E-state index contributed by atoms with van der Waals surface area (Å²) in [4.78, 5) is 13.1. The second kappa shape index (κ2) is 56.7. The van der Waals surface area contributed by atoms with Crippen molar-refractivity contribution in [3.8, 4) is 0 Å². The van der Waals surface area contributed by atoms with Crippen LogP contribution in [0.4, 0.5) is 0 Å². The van der Waals surface area contributed by atoms with E-state index in [1.54, 1.807) is 6.08 Å². The summed E-state index contributed by atoms with van der Waals surface area (Å²) < 4.78 is 11.3. The van der Waals surface area contributed by atoms with Crippen molar-refractivity contribution >= 4 is 5.91 Å². The van der Waals surface area contributed by atoms with Crippen molar-refractivity contribution in [3.05, 3.63) is 36.5 Å². The molecule has 1 heterocycles. The van der Waals surface area contributed by atoms with E-state index in [1.165, 1.54) is 257 Å². The Morgan fingerprint density at radius 1 is 0.434 bits per heavy atom.